The first-order valence-electron chi connectivity index (χ1n) is 2.82. The van der Waals surface area contributed by atoms with Crippen LogP contribution in [-0.2, 0) is 10.1 Å². The van der Waals surface area contributed by atoms with Gasteiger partial charge in [0.1, 0.15) is 10.1 Å². The van der Waals surface area contributed by atoms with Crippen molar-refractivity contribution < 1.29 is 64.4 Å². The van der Waals surface area contributed by atoms with Crippen molar-refractivity contribution in [2.75, 3.05) is 0 Å². The minimum atomic E-state index is -4.34. The van der Waals surface area contributed by atoms with E-state index in [-0.39, 0.29) is 56.3 Å². The van der Waals surface area contributed by atoms with E-state index in [9.17, 15) is 13.0 Å². The van der Waals surface area contributed by atoms with E-state index in [1.165, 1.54) is 6.07 Å². The van der Waals surface area contributed by atoms with E-state index < -0.39 is 10.1 Å². The van der Waals surface area contributed by atoms with E-state index in [4.69, 9.17) is 0 Å². The van der Waals surface area contributed by atoms with Crippen molar-refractivity contribution >= 4 is 48.6 Å². The summed E-state index contributed by atoms with van der Waals surface area (Å²) < 4.78 is 32.9. The van der Waals surface area contributed by atoms with E-state index in [2.05, 4.69) is 15.9 Å². The quantitative estimate of drug-likeness (QED) is 0.344. The number of hydrogen-bond acceptors (Lipinski definition) is 3. The Morgan fingerprint density at radius 2 is 1.92 bits per heavy atom. The van der Waals surface area contributed by atoms with E-state index in [0.717, 1.165) is 0 Å². The molecule has 0 amide bonds. The molecule has 0 spiro atoms. The molecule has 0 unspecified atom stereocenters. The second-order valence-electron chi connectivity index (χ2n) is 2.03. The maximum absolute atomic E-state index is 10.6. The maximum atomic E-state index is 10.6. The summed E-state index contributed by atoms with van der Waals surface area (Å²) in [5.41, 5.74) is 0. The molecule has 13 heavy (non-hydrogen) atoms. The first-order chi connectivity index (χ1) is 5.41. The Hall–Kier alpha value is 1.98. The van der Waals surface area contributed by atoms with Gasteiger partial charge >= 0.3 is 51.4 Å². The molecule has 1 aromatic rings. The number of halogens is 2. The zero-order valence-electron chi connectivity index (χ0n) is 6.62. The molecular weight excluding hydrogens is 398 g/mol. The van der Waals surface area contributed by atoms with Crippen molar-refractivity contribution in [2.45, 2.75) is 4.90 Å². The molecule has 0 heterocycles. The van der Waals surface area contributed by atoms with E-state index in [1.54, 1.807) is 34.7 Å². The summed E-state index contributed by atoms with van der Waals surface area (Å²) in [6.07, 6.45) is 0. The number of rotatable bonds is 1. The Labute approximate surface area is 141 Å². The van der Waals surface area contributed by atoms with Gasteiger partial charge in [-0.1, -0.05) is 15.9 Å². The van der Waals surface area contributed by atoms with E-state index >= 15 is 0 Å². The van der Waals surface area contributed by atoms with Crippen molar-refractivity contribution in [1.82, 2.24) is 0 Å². The van der Waals surface area contributed by atoms with Crippen molar-refractivity contribution in [3.8, 4) is 0 Å². The normalized spacial score (nSPS) is 10.7. The summed E-state index contributed by atoms with van der Waals surface area (Å²) in [6.45, 7) is 0. The van der Waals surface area contributed by atoms with Crippen LogP contribution in [0.2, 0.25) is 0 Å². The van der Waals surface area contributed by atoms with Gasteiger partial charge in [-0.3, -0.25) is 0 Å². The van der Waals surface area contributed by atoms with Crippen LogP contribution in [0, 0.1) is 3.57 Å². The van der Waals surface area contributed by atoms with Gasteiger partial charge in [0.15, 0.2) is 0 Å². The Morgan fingerprint density at radius 1 is 1.38 bits per heavy atom. The van der Waals surface area contributed by atoms with Crippen LogP contribution in [0.15, 0.2) is 27.6 Å². The molecule has 0 aliphatic carbocycles. The van der Waals surface area contributed by atoms with Gasteiger partial charge in [0.2, 0.25) is 0 Å². The van der Waals surface area contributed by atoms with Gasteiger partial charge in [-0.2, -0.15) is 0 Å². The average Bonchev–Trinajstić information content (AvgIpc) is 1.92. The van der Waals surface area contributed by atoms with Gasteiger partial charge in [0.05, 0.1) is 4.90 Å². The van der Waals surface area contributed by atoms with E-state index in [0.29, 0.717) is 8.04 Å². The third-order valence-electron chi connectivity index (χ3n) is 1.16. The molecule has 1 aromatic carbocycles. The minimum absolute atomic E-state index is 0. The second kappa shape index (κ2) is 5.90. The van der Waals surface area contributed by atoms with Gasteiger partial charge in [-0.15, -0.1) is 0 Å². The van der Waals surface area contributed by atoms with Gasteiger partial charge in [0.25, 0.3) is 0 Å². The topological polar surface area (TPSA) is 57.2 Å². The molecule has 7 heteroatoms. The standard InChI is InChI=1S/C6H4BrIO3S.K/c7-4-1-2-5(8)6(3-4)12(9,10)11;/h1-3H,(H,9,10,11);/q;+1/p-1. The Kier molecular flexibility index (Phi) is 6.79. The number of hydrogen-bond donors (Lipinski definition) is 0. The molecule has 0 bridgehead atoms. The summed E-state index contributed by atoms with van der Waals surface area (Å²) in [5.74, 6) is 0. The monoisotopic (exact) mass is 400 g/mol. The predicted molar refractivity (Wildman–Crippen MR) is 54.8 cm³/mol. The Balaban J connectivity index is 0.00000144. The fourth-order valence-corrected chi connectivity index (χ4v) is 2.90. The first kappa shape index (κ1) is 15.0. The van der Waals surface area contributed by atoms with Crippen LogP contribution in [0.25, 0.3) is 0 Å². The molecule has 66 valence electrons. The zero-order valence-corrected chi connectivity index (χ0v) is 14.3. The van der Waals surface area contributed by atoms with Gasteiger partial charge in [-0.05, 0) is 40.8 Å². The van der Waals surface area contributed by atoms with Crippen molar-refractivity contribution in [2.24, 2.45) is 0 Å². The summed E-state index contributed by atoms with van der Waals surface area (Å²) >= 11 is 4.88. The molecule has 0 saturated carbocycles. The van der Waals surface area contributed by atoms with Crippen LogP contribution in [0.5, 0.6) is 0 Å². The largest absolute Gasteiger partial charge is 1.00 e. The van der Waals surface area contributed by atoms with Crippen LogP contribution in [0.3, 0.4) is 0 Å². The first-order valence-corrected chi connectivity index (χ1v) is 6.10. The van der Waals surface area contributed by atoms with Gasteiger partial charge in [0, 0.05) is 8.04 Å². The molecule has 0 aliphatic rings. The van der Waals surface area contributed by atoms with Gasteiger partial charge in [-0.25, -0.2) is 8.42 Å². The van der Waals surface area contributed by atoms with Crippen LogP contribution < -0.4 is 51.4 Å². The second-order valence-corrected chi connectivity index (χ2v) is 5.45. The molecule has 0 saturated heterocycles. The minimum Gasteiger partial charge on any atom is -0.744 e. The Morgan fingerprint density at radius 3 is 2.31 bits per heavy atom. The Bertz CT molecular complexity index is 406. The number of benzene rings is 1. The smallest absolute Gasteiger partial charge is 0.744 e. The molecule has 1 rings (SSSR count). The molecule has 0 aliphatic heterocycles. The predicted octanol–water partition coefficient (Wildman–Crippen LogP) is -1.04. The average molecular weight is 401 g/mol. The summed E-state index contributed by atoms with van der Waals surface area (Å²) in [4.78, 5) is -0.183. The molecule has 0 radical (unpaired) electrons. The van der Waals surface area contributed by atoms with Crippen LogP contribution in [0.4, 0.5) is 0 Å². The molecule has 3 nitrogen and oxygen atoms in total. The molecule has 0 N–H and O–H groups in total. The van der Waals surface area contributed by atoms with Crippen molar-refractivity contribution in [3.63, 3.8) is 0 Å². The van der Waals surface area contributed by atoms with Crippen molar-refractivity contribution in [3.05, 3.63) is 26.2 Å². The molecular formula is C6H3BrIKO3S. The van der Waals surface area contributed by atoms with Crippen LogP contribution in [0.1, 0.15) is 0 Å². The maximum Gasteiger partial charge on any atom is 1.00 e. The summed E-state index contributed by atoms with van der Waals surface area (Å²) in [5, 5.41) is 0. The fourth-order valence-electron chi connectivity index (χ4n) is 0.669. The zero-order chi connectivity index (χ0) is 9.35. The molecule has 0 aromatic heterocycles. The third kappa shape index (κ3) is 4.56. The summed E-state index contributed by atoms with van der Waals surface area (Å²) in [6, 6.07) is 4.54. The van der Waals surface area contributed by atoms with Gasteiger partial charge < -0.3 is 4.55 Å². The summed E-state index contributed by atoms with van der Waals surface area (Å²) in [7, 11) is -4.34. The van der Waals surface area contributed by atoms with E-state index in [1.807, 2.05) is 0 Å². The molecule has 0 atom stereocenters. The SMILES string of the molecule is O=S(=O)([O-])c1cc(Br)ccc1I.[K+]. The third-order valence-corrected chi connectivity index (χ3v) is 3.84. The fraction of sp³-hybridized carbons (Fsp3) is 0. The van der Waals surface area contributed by atoms with Crippen molar-refractivity contribution in [1.29, 1.82) is 0 Å². The molecule has 0 fully saturated rings. The van der Waals surface area contributed by atoms with Crippen LogP contribution in [-0.4, -0.2) is 13.0 Å². The van der Waals surface area contributed by atoms with Crippen LogP contribution >= 0.6 is 38.5 Å².